The second kappa shape index (κ2) is 13.7. The number of nitrogens with one attached hydrogen (secondary N) is 1. The molecule has 0 aliphatic rings. The molecular weight excluding hydrogens is 591 g/mol. The molecule has 0 saturated heterocycles. The van der Waals surface area contributed by atoms with Crippen LogP contribution in [0.2, 0.25) is 10.0 Å². The third-order valence-corrected chi connectivity index (χ3v) is 7.79. The van der Waals surface area contributed by atoms with Gasteiger partial charge < -0.3 is 10.2 Å². The number of amides is 2. The van der Waals surface area contributed by atoms with Gasteiger partial charge in [0.1, 0.15) is 6.04 Å². The number of hydrogen-bond donors (Lipinski definition) is 1. The van der Waals surface area contributed by atoms with Crippen molar-refractivity contribution in [1.29, 1.82) is 0 Å². The van der Waals surface area contributed by atoms with Crippen LogP contribution in [0, 0.1) is 0 Å². The highest BCUT2D eigenvalue weighted by atomic mass is 79.9. The molecule has 8 heteroatoms. The minimum absolute atomic E-state index is 0.130. The average Bonchev–Trinajstić information content (AvgIpc) is 2.83. The zero-order valence-corrected chi connectivity index (χ0v) is 25.1. The van der Waals surface area contributed by atoms with Crippen LogP contribution in [0.1, 0.15) is 37.5 Å². The van der Waals surface area contributed by atoms with Gasteiger partial charge >= 0.3 is 0 Å². The Balaban J connectivity index is 1.91. The van der Waals surface area contributed by atoms with Gasteiger partial charge in [-0.2, -0.15) is 0 Å². The van der Waals surface area contributed by atoms with E-state index in [0.29, 0.717) is 27.8 Å². The molecular formula is C29H31BrCl2N2O2S. The van der Waals surface area contributed by atoms with Crippen LogP contribution in [0.15, 0.2) is 77.3 Å². The average molecular weight is 622 g/mol. The highest BCUT2D eigenvalue weighted by molar-refractivity contribution is 9.10. The summed E-state index contributed by atoms with van der Waals surface area (Å²) in [7, 11) is 0. The molecule has 3 aromatic carbocycles. The molecule has 0 radical (unpaired) electrons. The normalized spacial score (nSPS) is 12.2. The third-order valence-electron chi connectivity index (χ3n) is 5.57. The summed E-state index contributed by atoms with van der Waals surface area (Å²) in [5, 5.41) is 3.99. The smallest absolute Gasteiger partial charge is 0.243 e. The molecule has 1 N–H and O–H groups in total. The van der Waals surface area contributed by atoms with E-state index in [1.165, 1.54) is 11.8 Å². The Morgan fingerprint density at radius 3 is 2.14 bits per heavy atom. The van der Waals surface area contributed by atoms with Crippen molar-refractivity contribution < 1.29 is 9.59 Å². The van der Waals surface area contributed by atoms with Crippen molar-refractivity contribution in [1.82, 2.24) is 10.2 Å². The minimum atomic E-state index is -0.741. The number of nitrogens with zero attached hydrogens (tertiary/aromatic N) is 1. The Morgan fingerprint density at radius 2 is 1.54 bits per heavy atom. The fraction of sp³-hybridized carbons (Fsp3) is 0.310. The number of hydrogen-bond acceptors (Lipinski definition) is 3. The quantitative estimate of drug-likeness (QED) is 0.254. The summed E-state index contributed by atoms with van der Waals surface area (Å²) in [6.07, 6.45) is 0.369. The van der Waals surface area contributed by atoms with Crippen molar-refractivity contribution in [3.05, 3.63) is 104 Å². The summed E-state index contributed by atoms with van der Waals surface area (Å²) in [5.74, 6) is 0.526. The first-order chi connectivity index (χ1) is 17.5. The first-order valence-corrected chi connectivity index (χ1v) is 14.6. The van der Waals surface area contributed by atoms with Crippen LogP contribution < -0.4 is 5.32 Å². The molecule has 0 bridgehead atoms. The molecule has 0 spiro atoms. The number of benzene rings is 3. The molecule has 37 heavy (non-hydrogen) atoms. The molecule has 0 heterocycles. The largest absolute Gasteiger partial charge is 0.350 e. The van der Waals surface area contributed by atoms with Gasteiger partial charge in [-0.05, 0) is 56.2 Å². The predicted octanol–water partition coefficient (Wildman–Crippen LogP) is 7.54. The van der Waals surface area contributed by atoms with Crippen LogP contribution >= 0.6 is 50.9 Å². The molecule has 0 aromatic heterocycles. The topological polar surface area (TPSA) is 49.4 Å². The molecule has 2 amide bonds. The van der Waals surface area contributed by atoms with Gasteiger partial charge in [-0.15, -0.1) is 11.8 Å². The zero-order chi connectivity index (χ0) is 27.0. The fourth-order valence-electron chi connectivity index (χ4n) is 3.78. The van der Waals surface area contributed by atoms with E-state index in [0.717, 1.165) is 15.6 Å². The zero-order valence-electron chi connectivity index (χ0n) is 21.1. The second-order valence-corrected chi connectivity index (χ2v) is 12.5. The number of carbonyl (C=O) groups is 2. The van der Waals surface area contributed by atoms with Crippen molar-refractivity contribution in [2.75, 3.05) is 5.75 Å². The SMILES string of the molecule is CC(C)(C)NC(=O)C(Cc1ccccc1)N(Cc1c(Cl)cccc1Cl)C(=O)CSCc1ccc(Br)cc1. The first kappa shape index (κ1) is 29.6. The lowest BCUT2D eigenvalue weighted by Crippen LogP contribution is -2.54. The molecule has 3 aromatic rings. The van der Waals surface area contributed by atoms with Crippen molar-refractivity contribution in [2.24, 2.45) is 0 Å². The number of thioether (sulfide) groups is 1. The van der Waals surface area contributed by atoms with Crippen molar-refractivity contribution in [2.45, 2.75) is 51.1 Å². The molecule has 196 valence electrons. The molecule has 1 atom stereocenters. The number of halogens is 3. The van der Waals surface area contributed by atoms with Gasteiger partial charge in [-0.25, -0.2) is 0 Å². The Morgan fingerprint density at radius 1 is 0.919 bits per heavy atom. The monoisotopic (exact) mass is 620 g/mol. The maximum Gasteiger partial charge on any atom is 0.243 e. The Kier molecular flexibility index (Phi) is 10.9. The van der Waals surface area contributed by atoms with E-state index < -0.39 is 11.6 Å². The molecule has 0 aliphatic heterocycles. The van der Waals surface area contributed by atoms with Crippen LogP contribution in [0.5, 0.6) is 0 Å². The van der Waals surface area contributed by atoms with Crippen molar-refractivity contribution in [3.63, 3.8) is 0 Å². The highest BCUT2D eigenvalue weighted by Gasteiger charge is 2.32. The van der Waals surface area contributed by atoms with Crippen molar-refractivity contribution in [3.8, 4) is 0 Å². The number of rotatable bonds is 10. The molecule has 0 fully saturated rings. The molecule has 1 unspecified atom stereocenters. The van der Waals surface area contributed by atoms with Crippen LogP contribution in [0.4, 0.5) is 0 Å². The van der Waals surface area contributed by atoms with Gasteiger partial charge in [0.05, 0.1) is 5.75 Å². The lowest BCUT2D eigenvalue weighted by atomic mass is 10.0. The van der Waals surface area contributed by atoms with E-state index in [9.17, 15) is 9.59 Å². The summed E-state index contributed by atoms with van der Waals surface area (Å²) in [5.41, 5.74) is 2.24. The maximum atomic E-state index is 13.7. The van der Waals surface area contributed by atoms with Crippen LogP contribution in [-0.4, -0.2) is 34.0 Å². The van der Waals surface area contributed by atoms with Gasteiger partial charge in [0.25, 0.3) is 0 Å². The minimum Gasteiger partial charge on any atom is -0.350 e. The van der Waals surface area contributed by atoms with E-state index in [-0.39, 0.29) is 24.1 Å². The van der Waals surface area contributed by atoms with E-state index in [2.05, 4.69) is 21.2 Å². The van der Waals surface area contributed by atoms with Crippen LogP contribution in [0.3, 0.4) is 0 Å². The summed E-state index contributed by atoms with van der Waals surface area (Å²) in [6.45, 7) is 5.91. The Bertz CT molecular complexity index is 1180. The molecule has 0 saturated carbocycles. The summed E-state index contributed by atoms with van der Waals surface area (Å²) >= 11 is 17.9. The van der Waals surface area contributed by atoms with Gasteiger partial charge in [0, 0.05) is 44.3 Å². The molecule has 3 rings (SSSR count). The summed E-state index contributed by atoms with van der Waals surface area (Å²) < 4.78 is 1.01. The Labute approximate surface area is 242 Å². The standard InChI is InChI=1S/C29H31BrCl2N2O2S/c1-29(2,3)33-28(36)26(16-20-8-5-4-6-9-20)34(17-23-24(31)10-7-11-25(23)32)27(35)19-37-18-21-12-14-22(30)15-13-21/h4-15,26H,16-19H2,1-3H3,(H,33,36). The molecule has 4 nitrogen and oxygen atoms in total. The number of carbonyl (C=O) groups excluding carboxylic acids is 2. The molecule has 0 aliphatic carbocycles. The van der Waals surface area contributed by atoms with E-state index in [4.69, 9.17) is 23.2 Å². The van der Waals surface area contributed by atoms with Gasteiger partial charge in [-0.3, -0.25) is 9.59 Å². The lowest BCUT2D eigenvalue weighted by molar-refractivity contribution is -0.140. The predicted molar refractivity (Wildman–Crippen MR) is 159 cm³/mol. The fourth-order valence-corrected chi connectivity index (χ4v) is 5.43. The van der Waals surface area contributed by atoms with Gasteiger partial charge in [0.15, 0.2) is 0 Å². The summed E-state index contributed by atoms with van der Waals surface area (Å²) in [6, 6.07) is 22.2. The second-order valence-electron chi connectivity index (χ2n) is 9.79. The summed E-state index contributed by atoms with van der Waals surface area (Å²) in [4.78, 5) is 29.0. The Hall–Kier alpha value is -1.99. The van der Waals surface area contributed by atoms with Gasteiger partial charge in [-0.1, -0.05) is 87.7 Å². The third kappa shape index (κ3) is 9.36. The van der Waals surface area contributed by atoms with Gasteiger partial charge in [0.2, 0.25) is 11.8 Å². The maximum absolute atomic E-state index is 13.7. The lowest BCUT2D eigenvalue weighted by Gasteiger charge is -2.34. The van der Waals surface area contributed by atoms with Crippen molar-refractivity contribution >= 4 is 62.7 Å². The highest BCUT2D eigenvalue weighted by Crippen LogP contribution is 2.28. The van der Waals surface area contributed by atoms with Crippen LogP contribution in [0.25, 0.3) is 0 Å². The van der Waals surface area contributed by atoms with Crippen LogP contribution in [-0.2, 0) is 28.3 Å². The first-order valence-electron chi connectivity index (χ1n) is 11.9. The van der Waals surface area contributed by atoms with E-state index in [1.54, 1.807) is 23.1 Å². The van der Waals surface area contributed by atoms with E-state index >= 15 is 0 Å². The van der Waals surface area contributed by atoms with E-state index in [1.807, 2.05) is 75.4 Å².